The predicted octanol–water partition coefficient (Wildman–Crippen LogP) is 4.81. The Labute approximate surface area is 123 Å². The van der Waals surface area contributed by atoms with Crippen molar-refractivity contribution in [1.82, 2.24) is 0 Å². The average Bonchev–Trinajstić information content (AvgIpc) is 2.49. The standard InChI is InChI=1S/C18H26O2/c1-4-7-9-13-19-17-12-11-16(6-3)15-18(17)20-14-10-8-5-2/h3,11-12,15H,4-5,7-10,13-14H2,1-2H3. The van der Waals surface area contributed by atoms with Crippen molar-refractivity contribution < 1.29 is 9.47 Å². The highest BCUT2D eigenvalue weighted by Crippen LogP contribution is 2.28. The molecule has 0 fully saturated rings. The van der Waals surface area contributed by atoms with Crippen LogP contribution < -0.4 is 9.47 Å². The van der Waals surface area contributed by atoms with Gasteiger partial charge in [-0.15, -0.1) is 6.42 Å². The summed E-state index contributed by atoms with van der Waals surface area (Å²) in [5.74, 6) is 4.21. The largest absolute Gasteiger partial charge is 0.490 e. The number of rotatable bonds is 10. The highest BCUT2D eigenvalue weighted by Gasteiger charge is 2.06. The van der Waals surface area contributed by atoms with Crippen molar-refractivity contribution in [1.29, 1.82) is 0 Å². The topological polar surface area (TPSA) is 18.5 Å². The number of terminal acetylenes is 1. The molecule has 1 aromatic rings. The van der Waals surface area contributed by atoms with Gasteiger partial charge >= 0.3 is 0 Å². The molecule has 0 unspecified atom stereocenters. The van der Waals surface area contributed by atoms with Crippen LogP contribution in [0.1, 0.15) is 57.9 Å². The molecule has 2 heteroatoms. The second kappa shape index (κ2) is 10.2. The Kier molecular flexibility index (Phi) is 8.38. The van der Waals surface area contributed by atoms with E-state index in [9.17, 15) is 0 Å². The minimum absolute atomic E-state index is 0.715. The van der Waals surface area contributed by atoms with E-state index in [0.29, 0.717) is 6.61 Å². The maximum atomic E-state index is 5.82. The van der Waals surface area contributed by atoms with E-state index in [1.54, 1.807) is 0 Å². The quantitative estimate of drug-likeness (QED) is 0.450. The van der Waals surface area contributed by atoms with Crippen LogP contribution in [0.4, 0.5) is 0 Å². The normalized spacial score (nSPS) is 10.1. The first-order valence-electron chi connectivity index (χ1n) is 7.68. The summed E-state index contributed by atoms with van der Waals surface area (Å²) < 4.78 is 11.6. The average molecular weight is 274 g/mol. The first-order chi connectivity index (χ1) is 9.81. The van der Waals surface area contributed by atoms with E-state index in [1.807, 2.05) is 18.2 Å². The monoisotopic (exact) mass is 274 g/mol. The van der Waals surface area contributed by atoms with Gasteiger partial charge in [-0.3, -0.25) is 0 Å². The number of ether oxygens (including phenoxy) is 2. The van der Waals surface area contributed by atoms with Crippen LogP contribution in [0.25, 0.3) is 0 Å². The number of unbranched alkanes of at least 4 members (excludes halogenated alkanes) is 4. The van der Waals surface area contributed by atoms with Crippen LogP contribution in [-0.4, -0.2) is 13.2 Å². The first kappa shape index (κ1) is 16.4. The molecular formula is C18H26O2. The summed E-state index contributed by atoms with van der Waals surface area (Å²) in [5, 5.41) is 0. The Bertz CT molecular complexity index is 418. The van der Waals surface area contributed by atoms with Gasteiger partial charge in [-0.1, -0.05) is 45.5 Å². The van der Waals surface area contributed by atoms with Gasteiger partial charge in [0, 0.05) is 5.56 Å². The molecule has 0 radical (unpaired) electrons. The molecule has 110 valence electrons. The third-order valence-corrected chi connectivity index (χ3v) is 3.12. The third-order valence-electron chi connectivity index (χ3n) is 3.12. The summed E-state index contributed by atoms with van der Waals surface area (Å²) in [7, 11) is 0. The molecule has 0 saturated carbocycles. The zero-order chi connectivity index (χ0) is 14.6. The minimum Gasteiger partial charge on any atom is -0.490 e. The molecule has 1 rings (SSSR count). The molecule has 0 aliphatic carbocycles. The van der Waals surface area contributed by atoms with Crippen LogP contribution in [0, 0.1) is 12.3 Å². The maximum Gasteiger partial charge on any atom is 0.162 e. The van der Waals surface area contributed by atoms with Crippen LogP contribution in [0.15, 0.2) is 18.2 Å². The molecule has 2 nitrogen and oxygen atoms in total. The maximum absolute atomic E-state index is 5.82. The minimum atomic E-state index is 0.715. The fourth-order valence-electron chi connectivity index (χ4n) is 1.90. The van der Waals surface area contributed by atoms with E-state index < -0.39 is 0 Å². The van der Waals surface area contributed by atoms with Gasteiger partial charge in [-0.2, -0.15) is 0 Å². The summed E-state index contributed by atoms with van der Waals surface area (Å²) in [4.78, 5) is 0. The Morgan fingerprint density at radius 2 is 1.50 bits per heavy atom. The summed E-state index contributed by atoms with van der Waals surface area (Å²) in [6.07, 6.45) is 12.3. The third kappa shape index (κ3) is 6.02. The lowest BCUT2D eigenvalue weighted by Crippen LogP contribution is -2.03. The molecule has 1 aromatic carbocycles. The van der Waals surface area contributed by atoms with Gasteiger partial charge in [0.2, 0.25) is 0 Å². The zero-order valence-electron chi connectivity index (χ0n) is 12.8. The lowest BCUT2D eigenvalue weighted by atomic mass is 10.2. The lowest BCUT2D eigenvalue weighted by Gasteiger charge is -2.13. The lowest BCUT2D eigenvalue weighted by molar-refractivity contribution is 0.259. The summed E-state index contributed by atoms with van der Waals surface area (Å²) in [5.41, 5.74) is 0.830. The van der Waals surface area contributed by atoms with E-state index in [0.717, 1.165) is 36.5 Å². The Hall–Kier alpha value is -1.62. The van der Waals surface area contributed by atoms with Gasteiger partial charge in [-0.25, -0.2) is 0 Å². The summed E-state index contributed by atoms with van der Waals surface area (Å²) in [6.45, 7) is 5.81. The van der Waals surface area contributed by atoms with E-state index in [-0.39, 0.29) is 0 Å². The van der Waals surface area contributed by atoms with Crippen LogP contribution in [0.3, 0.4) is 0 Å². The van der Waals surface area contributed by atoms with Crippen molar-refractivity contribution in [2.24, 2.45) is 0 Å². The Balaban J connectivity index is 2.59. The van der Waals surface area contributed by atoms with Crippen LogP contribution in [0.2, 0.25) is 0 Å². The molecule has 0 amide bonds. The number of hydrogen-bond acceptors (Lipinski definition) is 2. The molecule has 20 heavy (non-hydrogen) atoms. The summed E-state index contributed by atoms with van der Waals surface area (Å²) in [6, 6.07) is 5.70. The van der Waals surface area contributed by atoms with Crippen molar-refractivity contribution in [2.45, 2.75) is 52.4 Å². The predicted molar refractivity (Wildman–Crippen MR) is 84.4 cm³/mol. The van der Waals surface area contributed by atoms with Crippen molar-refractivity contribution in [3.8, 4) is 23.8 Å². The van der Waals surface area contributed by atoms with Gasteiger partial charge in [0.1, 0.15) is 0 Å². The van der Waals surface area contributed by atoms with Crippen LogP contribution >= 0.6 is 0 Å². The first-order valence-corrected chi connectivity index (χ1v) is 7.68. The molecule has 0 aliphatic rings. The molecule has 0 atom stereocenters. The van der Waals surface area contributed by atoms with Gasteiger partial charge < -0.3 is 9.47 Å². The van der Waals surface area contributed by atoms with Gasteiger partial charge in [-0.05, 0) is 31.0 Å². The van der Waals surface area contributed by atoms with Crippen molar-refractivity contribution in [3.63, 3.8) is 0 Å². The number of benzene rings is 1. The van der Waals surface area contributed by atoms with Crippen molar-refractivity contribution >= 4 is 0 Å². The second-order valence-corrected chi connectivity index (χ2v) is 4.92. The van der Waals surface area contributed by atoms with Crippen LogP contribution in [0.5, 0.6) is 11.5 Å². The Morgan fingerprint density at radius 3 is 2.05 bits per heavy atom. The Morgan fingerprint density at radius 1 is 0.900 bits per heavy atom. The molecular weight excluding hydrogens is 248 g/mol. The van der Waals surface area contributed by atoms with E-state index in [2.05, 4.69) is 19.8 Å². The molecule has 0 N–H and O–H groups in total. The van der Waals surface area contributed by atoms with Gasteiger partial charge in [0.05, 0.1) is 13.2 Å². The van der Waals surface area contributed by atoms with Crippen LogP contribution in [-0.2, 0) is 0 Å². The van der Waals surface area contributed by atoms with Crippen molar-refractivity contribution in [3.05, 3.63) is 23.8 Å². The molecule has 0 bridgehead atoms. The molecule has 0 saturated heterocycles. The SMILES string of the molecule is C#Cc1ccc(OCCCCC)c(OCCCCC)c1. The highest BCUT2D eigenvalue weighted by atomic mass is 16.5. The zero-order valence-corrected chi connectivity index (χ0v) is 12.8. The molecule has 0 aliphatic heterocycles. The van der Waals surface area contributed by atoms with E-state index >= 15 is 0 Å². The summed E-state index contributed by atoms with van der Waals surface area (Å²) >= 11 is 0. The van der Waals surface area contributed by atoms with Gasteiger partial charge in [0.15, 0.2) is 11.5 Å². The number of hydrogen-bond donors (Lipinski definition) is 0. The second-order valence-electron chi connectivity index (χ2n) is 4.92. The van der Waals surface area contributed by atoms with Gasteiger partial charge in [0.25, 0.3) is 0 Å². The van der Waals surface area contributed by atoms with E-state index in [1.165, 1.54) is 25.7 Å². The molecule has 0 spiro atoms. The van der Waals surface area contributed by atoms with Crippen molar-refractivity contribution in [2.75, 3.05) is 13.2 Å². The molecule has 0 aromatic heterocycles. The highest BCUT2D eigenvalue weighted by molar-refractivity contribution is 5.47. The van der Waals surface area contributed by atoms with E-state index in [4.69, 9.17) is 15.9 Å². The smallest absolute Gasteiger partial charge is 0.162 e. The fraction of sp³-hybridized carbons (Fsp3) is 0.556. The molecule has 0 heterocycles. The fourth-order valence-corrected chi connectivity index (χ4v) is 1.90.